The van der Waals surface area contributed by atoms with Crippen molar-refractivity contribution < 1.29 is 42.9 Å². The molecule has 6 atom stereocenters. The number of nitrogens with one attached hydrogen (secondary N) is 1. The molecule has 0 saturated heterocycles. The van der Waals surface area contributed by atoms with Crippen molar-refractivity contribution in [1.29, 1.82) is 0 Å². The van der Waals surface area contributed by atoms with Crippen LogP contribution in [0.1, 0.15) is 31.0 Å². The van der Waals surface area contributed by atoms with E-state index in [1.165, 1.54) is 23.0 Å². The maximum absolute atomic E-state index is 14.2. The molecule has 0 aliphatic heterocycles. The topological polar surface area (TPSA) is 187 Å². The molecule has 2 heterocycles. The summed E-state index contributed by atoms with van der Waals surface area (Å²) in [6, 6.07) is 6.37. The highest BCUT2D eigenvalue weighted by Crippen LogP contribution is 2.57. The summed E-state index contributed by atoms with van der Waals surface area (Å²) in [5.74, 6) is -1.82. The number of hydrogen-bond acceptors (Lipinski definition) is 8. The van der Waals surface area contributed by atoms with Crippen LogP contribution in [-0.2, 0) is 13.7 Å². The van der Waals surface area contributed by atoms with Gasteiger partial charge in [-0.2, -0.15) is 5.10 Å². The molecule has 1 aliphatic carbocycles. The van der Waals surface area contributed by atoms with E-state index in [0.29, 0.717) is 16.6 Å². The van der Waals surface area contributed by atoms with Crippen molar-refractivity contribution in [3.63, 3.8) is 0 Å². The zero-order valence-corrected chi connectivity index (χ0v) is 21.3. The highest BCUT2D eigenvalue weighted by molar-refractivity contribution is 7.70. The van der Waals surface area contributed by atoms with Crippen molar-refractivity contribution in [2.45, 2.75) is 43.7 Å². The predicted octanol–water partition coefficient (Wildman–Crippen LogP) is 2.77. The summed E-state index contributed by atoms with van der Waals surface area (Å²) in [6.45, 7) is 1.76. The van der Waals surface area contributed by atoms with Gasteiger partial charge < -0.3 is 34.7 Å². The molecular formula is C20H24ClFN4O8P2. The van der Waals surface area contributed by atoms with Gasteiger partial charge in [0.05, 0.1) is 35.5 Å². The zero-order chi connectivity index (χ0) is 26.4. The van der Waals surface area contributed by atoms with Gasteiger partial charge in [-0.3, -0.25) is 9.13 Å². The SMILES string of the molecule is C[C@H](Nc1cc(Cl)nc2c1cnn2[C@@H]1C[C@H](OP(=O)(O)CP(=O)(O)O)[C@@H](O)[C@H]1O)c1ccccc1F. The van der Waals surface area contributed by atoms with E-state index in [0.717, 1.165) is 0 Å². The molecule has 4 rings (SSSR count). The van der Waals surface area contributed by atoms with E-state index in [9.17, 15) is 28.6 Å². The first-order valence-electron chi connectivity index (χ1n) is 10.7. The van der Waals surface area contributed by atoms with Gasteiger partial charge in [-0.05, 0) is 19.1 Å². The van der Waals surface area contributed by atoms with E-state index >= 15 is 0 Å². The molecule has 0 amide bonds. The minimum absolute atomic E-state index is 0.0647. The molecule has 0 bridgehead atoms. The molecule has 6 N–H and O–H groups in total. The summed E-state index contributed by atoms with van der Waals surface area (Å²) in [4.78, 5) is 32.1. The second kappa shape index (κ2) is 10.1. The van der Waals surface area contributed by atoms with Crippen molar-refractivity contribution in [1.82, 2.24) is 14.8 Å². The van der Waals surface area contributed by atoms with E-state index in [1.807, 2.05) is 0 Å². The number of nitrogens with zero attached hydrogens (tertiary/aromatic N) is 3. The van der Waals surface area contributed by atoms with Gasteiger partial charge >= 0.3 is 15.2 Å². The highest BCUT2D eigenvalue weighted by Gasteiger charge is 2.47. The number of benzene rings is 1. The summed E-state index contributed by atoms with van der Waals surface area (Å²) in [5, 5.41) is 29.0. The fourth-order valence-corrected chi connectivity index (χ4v) is 7.23. The van der Waals surface area contributed by atoms with E-state index in [2.05, 4.69) is 15.4 Å². The average molecular weight is 565 g/mol. The average Bonchev–Trinajstić information content (AvgIpc) is 3.28. The van der Waals surface area contributed by atoms with E-state index < -0.39 is 57.3 Å². The number of aliphatic hydroxyl groups excluding tert-OH is 2. The second-order valence-electron chi connectivity index (χ2n) is 8.58. The van der Waals surface area contributed by atoms with Crippen LogP contribution in [0.25, 0.3) is 11.0 Å². The van der Waals surface area contributed by atoms with E-state index in [1.54, 1.807) is 25.1 Å². The lowest BCUT2D eigenvalue weighted by Gasteiger charge is -2.20. The van der Waals surface area contributed by atoms with Gasteiger partial charge in [0, 0.05) is 12.0 Å². The van der Waals surface area contributed by atoms with Gasteiger partial charge in [0.25, 0.3) is 0 Å². The van der Waals surface area contributed by atoms with Crippen LogP contribution in [0.15, 0.2) is 36.5 Å². The standard InChI is InChI=1S/C20H24ClFN4O8P2/c1-10(11-4-2-3-5-13(11)22)24-14-6-17(21)25-20-12(14)8-23-26(20)15-7-16(19(28)18(15)27)34-36(32,33)9-35(29,30)31/h2-6,8,10,15-16,18-19,27-28H,7,9H2,1H3,(H,24,25)(H,32,33)(H2,29,30,31)/t10-,15+,16-,18-,19+/m0/s1. The van der Waals surface area contributed by atoms with Crippen LogP contribution in [0.5, 0.6) is 0 Å². The molecule has 1 fully saturated rings. The Morgan fingerprint density at radius 3 is 2.61 bits per heavy atom. The molecule has 1 aliphatic rings. The largest absolute Gasteiger partial charge is 0.388 e. The maximum Gasteiger partial charge on any atom is 0.340 e. The van der Waals surface area contributed by atoms with E-state index in [4.69, 9.17) is 25.9 Å². The maximum atomic E-state index is 14.2. The van der Waals surface area contributed by atoms with Crippen LogP contribution in [0.4, 0.5) is 10.1 Å². The Hall–Kier alpha value is -1.92. The van der Waals surface area contributed by atoms with Crippen LogP contribution >= 0.6 is 26.8 Å². The number of aromatic nitrogens is 3. The van der Waals surface area contributed by atoms with Crippen molar-refractivity contribution in [3.8, 4) is 0 Å². The van der Waals surface area contributed by atoms with Gasteiger partial charge in [-0.1, -0.05) is 29.8 Å². The first-order chi connectivity index (χ1) is 16.8. The number of fused-ring (bicyclic) bond motifs is 1. The molecule has 12 nitrogen and oxygen atoms in total. The summed E-state index contributed by atoms with van der Waals surface area (Å²) < 4.78 is 43.7. The Morgan fingerprint density at radius 1 is 1.25 bits per heavy atom. The van der Waals surface area contributed by atoms with Crippen LogP contribution < -0.4 is 5.32 Å². The van der Waals surface area contributed by atoms with Crippen LogP contribution in [0.3, 0.4) is 0 Å². The molecule has 196 valence electrons. The molecule has 36 heavy (non-hydrogen) atoms. The Morgan fingerprint density at radius 2 is 1.94 bits per heavy atom. The smallest absolute Gasteiger partial charge is 0.340 e. The number of aliphatic hydroxyl groups is 2. The molecule has 0 radical (unpaired) electrons. The van der Waals surface area contributed by atoms with Gasteiger partial charge in [0.2, 0.25) is 0 Å². The van der Waals surface area contributed by atoms with Crippen LogP contribution in [0.2, 0.25) is 5.15 Å². The van der Waals surface area contributed by atoms with Crippen molar-refractivity contribution in [2.24, 2.45) is 0 Å². The molecule has 2 aromatic heterocycles. The summed E-state index contributed by atoms with van der Waals surface area (Å²) in [6.07, 6.45) is -3.35. The lowest BCUT2D eigenvalue weighted by molar-refractivity contribution is -0.0195. The molecule has 1 unspecified atom stereocenters. The molecule has 0 spiro atoms. The Kier molecular flexibility index (Phi) is 7.60. The lowest BCUT2D eigenvalue weighted by atomic mass is 10.1. The molecule has 1 aromatic carbocycles. The van der Waals surface area contributed by atoms with Gasteiger partial charge in [-0.15, -0.1) is 0 Å². The Labute approximate surface area is 209 Å². The third-order valence-electron chi connectivity index (χ3n) is 5.86. The summed E-state index contributed by atoms with van der Waals surface area (Å²) >= 11 is 6.22. The van der Waals surface area contributed by atoms with Crippen LogP contribution in [0, 0.1) is 5.82 Å². The first-order valence-corrected chi connectivity index (χ1v) is 14.7. The third-order valence-corrected chi connectivity index (χ3v) is 9.55. The van der Waals surface area contributed by atoms with Gasteiger partial charge in [0.1, 0.15) is 23.2 Å². The molecule has 16 heteroatoms. The number of halogens is 2. The second-order valence-corrected chi connectivity index (χ2v) is 12.9. The molecule has 3 aromatic rings. The molecular weight excluding hydrogens is 541 g/mol. The lowest BCUT2D eigenvalue weighted by Crippen LogP contribution is -2.32. The van der Waals surface area contributed by atoms with Crippen molar-refractivity contribution >= 4 is 43.5 Å². The third kappa shape index (κ3) is 5.80. The van der Waals surface area contributed by atoms with Crippen LogP contribution in [-0.4, -0.2) is 63.9 Å². The van der Waals surface area contributed by atoms with Crippen molar-refractivity contribution in [3.05, 3.63) is 53.1 Å². The zero-order valence-electron chi connectivity index (χ0n) is 18.7. The fourth-order valence-electron chi connectivity index (χ4n) is 4.28. The predicted molar refractivity (Wildman–Crippen MR) is 128 cm³/mol. The Balaban J connectivity index is 1.61. The number of hydrogen-bond donors (Lipinski definition) is 6. The van der Waals surface area contributed by atoms with Gasteiger partial charge in [-0.25, -0.2) is 14.1 Å². The Bertz CT molecular complexity index is 1370. The summed E-state index contributed by atoms with van der Waals surface area (Å²) in [7, 11) is -9.66. The number of rotatable bonds is 8. The quantitative estimate of drug-likeness (QED) is 0.174. The van der Waals surface area contributed by atoms with E-state index in [-0.39, 0.29) is 17.2 Å². The van der Waals surface area contributed by atoms with Gasteiger partial charge in [0.15, 0.2) is 11.6 Å². The van der Waals surface area contributed by atoms with Crippen molar-refractivity contribution in [2.75, 3.05) is 11.2 Å². The minimum Gasteiger partial charge on any atom is -0.388 e. The fraction of sp³-hybridized carbons (Fsp3) is 0.400. The number of pyridine rings is 1. The highest BCUT2D eigenvalue weighted by atomic mass is 35.5. The normalized spacial score (nSPS) is 25.1. The molecule has 1 saturated carbocycles. The minimum atomic E-state index is -4.88. The first kappa shape index (κ1) is 27.1. The summed E-state index contributed by atoms with van der Waals surface area (Å²) in [5.41, 5.74) is 1.11. The number of anilines is 1. The monoisotopic (exact) mass is 564 g/mol.